The Balaban J connectivity index is 2.19. The van der Waals surface area contributed by atoms with E-state index in [4.69, 9.17) is 35.5 Å². The Labute approximate surface area is 183 Å². The van der Waals surface area contributed by atoms with Crippen molar-refractivity contribution in [1.29, 1.82) is 0 Å². The van der Waals surface area contributed by atoms with Crippen LogP contribution in [0.25, 0.3) is 0 Å². The van der Waals surface area contributed by atoms with E-state index in [9.17, 15) is 35.4 Å². The molecule has 2 heterocycles. The molecule has 2 unspecified atom stereocenters. The van der Waals surface area contributed by atoms with Gasteiger partial charge in [-0.05, 0) is 0 Å². The number of rotatable bonds is 10. The molecule has 0 saturated carbocycles. The van der Waals surface area contributed by atoms with E-state index < -0.39 is 92.5 Å². The Morgan fingerprint density at radius 2 is 1.88 bits per heavy atom. The molecule has 0 aromatic heterocycles. The summed E-state index contributed by atoms with van der Waals surface area (Å²) in [4.78, 5) is 12.0. The van der Waals surface area contributed by atoms with E-state index in [0.29, 0.717) is 0 Å². The van der Waals surface area contributed by atoms with E-state index in [1.54, 1.807) is 0 Å². The van der Waals surface area contributed by atoms with Gasteiger partial charge in [0.2, 0.25) is 0 Å². The molecule has 2 aliphatic heterocycles. The van der Waals surface area contributed by atoms with Crippen LogP contribution in [0.3, 0.4) is 0 Å². The van der Waals surface area contributed by atoms with Crippen molar-refractivity contribution in [2.75, 3.05) is 19.8 Å². The van der Waals surface area contributed by atoms with Crippen molar-refractivity contribution >= 4 is 5.97 Å². The lowest BCUT2D eigenvalue weighted by molar-refractivity contribution is -0.328. The lowest BCUT2D eigenvalue weighted by Crippen LogP contribution is -2.67. The van der Waals surface area contributed by atoms with E-state index in [2.05, 4.69) is 6.58 Å². The molecule has 186 valence electrons. The largest absolute Gasteiger partial charge is 0.477 e. The Morgan fingerprint density at radius 1 is 1.22 bits per heavy atom. The topological polar surface area (TPSA) is 248 Å². The third-order valence-electron chi connectivity index (χ3n) is 5.48. The van der Waals surface area contributed by atoms with Gasteiger partial charge in [-0.1, -0.05) is 6.08 Å². The van der Waals surface area contributed by atoms with E-state index >= 15 is 0 Å². The number of hydrogen-bond donors (Lipinski definition) is 9. The Kier molecular flexibility index (Phi) is 9.47. The van der Waals surface area contributed by atoms with Crippen LogP contribution in [0.15, 0.2) is 12.7 Å². The van der Waals surface area contributed by atoms with Gasteiger partial charge in [-0.15, -0.1) is 6.58 Å². The minimum absolute atomic E-state index is 0.0216. The first kappa shape index (κ1) is 27.0. The minimum atomic E-state index is -2.55. The second-order valence-corrected chi connectivity index (χ2v) is 7.76. The molecule has 11 atom stereocenters. The van der Waals surface area contributed by atoms with Gasteiger partial charge in [0.25, 0.3) is 5.79 Å². The first-order valence-electron chi connectivity index (χ1n) is 9.94. The van der Waals surface area contributed by atoms with Crippen LogP contribution >= 0.6 is 0 Å². The molecule has 0 amide bonds. The highest BCUT2D eigenvalue weighted by Gasteiger charge is 2.55. The maximum Gasteiger partial charge on any atom is 0.364 e. The van der Waals surface area contributed by atoms with Crippen LogP contribution in [0.4, 0.5) is 0 Å². The van der Waals surface area contributed by atoms with Gasteiger partial charge in [0.05, 0.1) is 38.0 Å². The molecule has 2 saturated heterocycles. The van der Waals surface area contributed by atoms with Gasteiger partial charge >= 0.3 is 5.97 Å². The van der Waals surface area contributed by atoms with Gasteiger partial charge in [-0.3, -0.25) is 0 Å². The lowest BCUT2D eigenvalue weighted by Gasteiger charge is -2.46. The van der Waals surface area contributed by atoms with Crippen LogP contribution in [0.1, 0.15) is 6.42 Å². The van der Waals surface area contributed by atoms with Crippen molar-refractivity contribution in [2.45, 2.75) is 73.3 Å². The number of aliphatic hydroxyl groups excluding tert-OH is 6. The molecule has 2 fully saturated rings. The summed E-state index contributed by atoms with van der Waals surface area (Å²) in [6, 6.07) is -2.42. The summed E-state index contributed by atoms with van der Waals surface area (Å²) < 4.78 is 21.5. The summed E-state index contributed by atoms with van der Waals surface area (Å²) in [7, 11) is 0. The SMILES string of the molecule is C=CCO[C@H]1OC(CO[C@]2(C(=O)O)C[C@@H](O)[C@@H](N)[C@@H]([C@H](O)[C@H](O)CO)O2)[C@H](O)[C@H](O)C1N. The van der Waals surface area contributed by atoms with Crippen LogP contribution in [0.5, 0.6) is 0 Å². The van der Waals surface area contributed by atoms with Crippen molar-refractivity contribution < 1.29 is 59.5 Å². The van der Waals surface area contributed by atoms with E-state index in [-0.39, 0.29) is 6.61 Å². The number of nitrogens with two attached hydrogens (primary N) is 2. The molecule has 2 rings (SSSR count). The van der Waals surface area contributed by atoms with E-state index in [1.807, 2.05) is 0 Å². The first-order valence-corrected chi connectivity index (χ1v) is 9.94. The van der Waals surface area contributed by atoms with Gasteiger partial charge in [-0.2, -0.15) is 0 Å². The molecule has 0 bridgehead atoms. The zero-order chi connectivity index (χ0) is 24.2. The second kappa shape index (κ2) is 11.2. The molecule has 0 spiro atoms. The molecular formula is C18H32N2O12. The zero-order valence-electron chi connectivity index (χ0n) is 17.2. The molecule has 0 aromatic rings. The average molecular weight is 468 g/mol. The summed E-state index contributed by atoms with van der Waals surface area (Å²) in [6.07, 6.45) is -11.5. The van der Waals surface area contributed by atoms with Gasteiger partial charge < -0.3 is 66.2 Å². The molecule has 0 radical (unpaired) electrons. The minimum Gasteiger partial charge on any atom is -0.477 e. The predicted octanol–water partition coefficient (Wildman–Crippen LogP) is -5.05. The van der Waals surface area contributed by atoms with Crippen molar-refractivity contribution in [3.8, 4) is 0 Å². The fraction of sp³-hybridized carbons (Fsp3) is 0.833. The van der Waals surface area contributed by atoms with Crippen LogP contribution < -0.4 is 11.5 Å². The molecular weight excluding hydrogens is 436 g/mol. The summed E-state index contributed by atoms with van der Waals surface area (Å²) in [5.41, 5.74) is 11.6. The number of ether oxygens (including phenoxy) is 4. The standard InChI is InChI=1S/C18H32N2O12/c1-2-3-29-16-11(20)14(26)13(25)9(31-16)6-30-18(17(27)28)4-7(22)10(19)15(32-18)12(24)8(23)5-21/h2,7-16,21-26H,1,3-6,19-20H2,(H,27,28)/t7-,8-,9?,10-,11?,12-,13+,14-,15+,16+,18-/m1/s1. The number of carbonyl (C=O) groups is 1. The van der Waals surface area contributed by atoms with Crippen LogP contribution in [0.2, 0.25) is 0 Å². The van der Waals surface area contributed by atoms with Crippen LogP contribution in [-0.4, -0.2) is 128 Å². The third-order valence-corrected chi connectivity index (χ3v) is 5.48. The number of aliphatic carboxylic acids is 1. The van der Waals surface area contributed by atoms with E-state index in [0.717, 1.165) is 0 Å². The van der Waals surface area contributed by atoms with Crippen LogP contribution in [-0.2, 0) is 23.7 Å². The zero-order valence-corrected chi connectivity index (χ0v) is 17.2. The summed E-state index contributed by atoms with van der Waals surface area (Å²) in [6.45, 7) is 1.96. The number of carboxylic acid groups (broad SMARTS) is 1. The number of aliphatic hydroxyl groups is 6. The maximum atomic E-state index is 12.0. The fourth-order valence-corrected chi connectivity index (χ4v) is 3.51. The van der Waals surface area contributed by atoms with Gasteiger partial charge in [-0.25, -0.2) is 4.79 Å². The van der Waals surface area contributed by atoms with Crippen LogP contribution in [0, 0.1) is 0 Å². The second-order valence-electron chi connectivity index (χ2n) is 7.76. The highest BCUT2D eigenvalue weighted by molar-refractivity contribution is 5.76. The lowest BCUT2D eigenvalue weighted by atomic mass is 9.89. The van der Waals surface area contributed by atoms with Crippen molar-refractivity contribution in [3.05, 3.63) is 12.7 Å². The van der Waals surface area contributed by atoms with Crippen molar-refractivity contribution in [1.82, 2.24) is 0 Å². The Hall–Kier alpha value is -1.27. The molecule has 14 heteroatoms. The maximum absolute atomic E-state index is 12.0. The molecule has 11 N–H and O–H groups in total. The quantitative estimate of drug-likeness (QED) is 0.136. The number of hydrogen-bond acceptors (Lipinski definition) is 13. The normalized spacial score (nSPS) is 42.2. The van der Waals surface area contributed by atoms with Crippen molar-refractivity contribution in [3.63, 3.8) is 0 Å². The molecule has 32 heavy (non-hydrogen) atoms. The molecule has 2 aliphatic rings. The fourth-order valence-electron chi connectivity index (χ4n) is 3.51. The monoisotopic (exact) mass is 468 g/mol. The first-order chi connectivity index (χ1) is 15.0. The van der Waals surface area contributed by atoms with Gasteiger partial charge in [0.15, 0.2) is 6.29 Å². The summed E-state index contributed by atoms with van der Waals surface area (Å²) in [5, 5.41) is 69.4. The summed E-state index contributed by atoms with van der Waals surface area (Å²) in [5.74, 6) is -4.25. The van der Waals surface area contributed by atoms with Gasteiger partial charge in [0, 0.05) is 6.42 Å². The Morgan fingerprint density at radius 3 is 2.44 bits per heavy atom. The highest BCUT2D eigenvalue weighted by atomic mass is 16.7. The van der Waals surface area contributed by atoms with Crippen molar-refractivity contribution in [2.24, 2.45) is 11.5 Å². The molecule has 0 aliphatic carbocycles. The molecule has 0 aromatic carbocycles. The predicted molar refractivity (Wildman–Crippen MR) is 104 cm³/mol. The average Bonchev–Trinajstić information content (AvgIpc) is 2.77. The Bertz CT molecular complexity index is 641. The number of carboxylic acids is 1. The smallest absolute Gasteiger partial charge is 0.364 e. The highest BCUT2D eigenvalue weighted by Crippen LogP contribution is 2.33. The van der Waals surface area contributed by atoms with E-state index in [1.165, 1.54) is 6.08 Å². The van der Waals surface area contributed by atoms with Gasteiger partial charge in [0.1, 0.15) is 36.6 Å². The summed E-state index contributed by atoms with van der Waals surface area (Å²) >= 11 is 0. The molecule has 14 nitrogen and oxygen atoms in total. The third kappa shape index (κ3) is 5.61.